The van der Waals surface area contributed by atoms with Crippen molar-refractivity contribution in [2.24, 2.45) is 5.92 Å². The van der Waals surface area contributed by atoms with Gasteiger partial charge in [0.05, 0.1) is 18.1 Å². The molecule has 0 spiro atoms. The lowest BCUT2D eigenvalue weighted by Crippen LogP contribution is -2.45. The molecule has 0 radical (unpaired) electrons. The van der Waals surface area contributed by atoms with Crippen LogP contribution in [0.5, 0.6) is 11.5 Å². The molecule has 1 fully saturated rings. The highest BCUT2D eigenvalue weighted by Gasteiger charge is 2.44. The minimum absolute atomic E-state index is 0.0368. The number of phenols is 1. The Morgan fingerprint density at radius 3 is 2.67 bits per heavy atom. The molecule has 1 aromatic carbocycles. The molecule has 1 aromatic rings. The number of hydrogen-bond acceptors (Lipinski definition) is 5. The molecule has 30 heavy (non-hydrogen) atoms. The first kappa shape index (κ1) is 20.8. The summed E-state index contributed by atoms with van der Waals surface area (Å²) in [6.45, 7) is 3.34. The summed E-state index contributed by atoms with van der Waals surface area (Å²) in [6.07, 6.45) is 6.28. The molecule has 2 atom stereocenters. The number of aromatic hydroxyl groups is 1. The molecule has 0 aromatic heterocycles. The number of likely N-dealkylation sites (tertiary alicyclic amines) is 1. The summed E-state index contributed by atoms with van der Waals surface area (Å²) in [5, 5.41) is 13.7. The van der Waals surface area contributed by atoms with Crippen molar-refractivity contribution < 1.29 is 19.4 Å². The third-order valence-electron chi connectivity index (χ3n) is 6.32. The summed E-state index contributed by atoms with van der Waals surface area (Å²) in [5.74, 6) is -0.808. The highest BCUT2D eigenvalue weighted by molar-refractivity contribution is 6.32. The SMILES string of the molecule is COc1cc(C2C(C(=O)N3CCCCC3)=C(C)NC3=CCCC(=O)C32)cc(Cl)c1O. The van der Waals surface area contributed by atoms with E-state index in [1.165, 1.54) is 7.11 Å². The van der Waals surface area contributed by atoms with E-state index in [2.05, 4.69) is 5.32 Å². The minimum Gasteiger partial charge on any atom is -0.503 e. The zero-order valence-corrected chi connectivity index (χ0v) is 18.1. The van der Waals surface area contributed by atoms with Crippen molar-refractivity contribution in [3.8, 4) is 11.5 Å². The fraction of sp³-hybridized carbons (Fsp3) is 0.478. The van der Waals surface area contributed by atoms with Gasteiger partial charge in [-0.1, -0.05) is 17.7 Å². The Morgan fingerprint density at radius 2 is 1.97 bits per heavy atom. The van der Waals surface area contributed by atoms with Gasteiger partial charge in [0, 0.05) is 42.4 Å². The number of ether oxygens (including phenoxy) is 1. The maximum atomic E-state index is 13.6. The van der Waals surface area contributed by atoms with Crippen LogP contribution >= 0.6 is 11.6 Å². The van der Waals surface area contributed by atoms with Crippen LogP contribution in [0.25, 0.3) is 0 Å². The van der Waals surface area contributed by atoms with Crippen molar-refractivity contribution in [1.82, 2.24) is 10.2 Å². The number of nitrogens with one attached hydrogen (secondary N) is 1. The van der Waals surface area contributed by atoms with Crippen molar-refractivity contribution in [3.63, 3.8) is 0 Å². The Bertz CT molecular complexity index is 947. The van der Waals surface area contributed by atoms with Gasteiger partial charge in [-0.15, -0.1) is 0 Å². The lowest BCUT2D eigenvalue weighted by Gasteiger charge is -2.40. The number of nitrogens with zero attached hydrogens (tertiary/aromatic N) is 1. The Hall–Kier alpha value is -2.47. The first-order chi connectivity index (χ1) is 14.4. The monoisotopic (exact) mass is 430 g/mol. The highest BCUT2D eigenvalue weighted by atomic mass is 35.5. The van der Waals surface area contributed by atoms with E-state index in [1.807, 2.05) is 17.9 Å². The van der Waals surface area contributed by atoms with E-state index in [-0.39, 0.29) is 28.2 Å². The number of Topliss-reactive ketones (excluding diaryl/α,β-unsaturated/α-hetero) is 1. The van der Waals surface area contributed by atoms with Crippen molar-refractivity contribution in [3.05, 3.63) is 45.8 Å². The fourth-order valence-corrected chi connectivity index (χ4v) is 5.07. The molecule has 4 rings (SSSR count). The number of carbonyl (C=O) groups is 2. The van der Waals surface area contributed by atoms with Crippen molar-refractivity contribution in [2.75, 3.05) is 20.2 Å². The van der Waals surface area contributed by atoms with Crippen LogP contribution in [-0.2, 0) is 9.59 Å². The van der Waals surface area contributed by atoms with Crippen LogP contribution in [0.15, 0.2) is 35.2 Å². The Morgan fingerprint density at radius 1 is 1.23 bits per heavy atom. The van der Waals surface area contributed by atoms with Gasteiger partial charge in [0.15, 0.2) is 11.5 Å². The number of allylic oxidation sites excluding steroid dienone is 3. The summed E-state index contributed by atoms with van der Waals surface area (Å²) in [6, 6.07) is 3.33. The number of halogens is 1. The normalized spacial score (nSPS) is 24.2. The van der Waals surface area contributed by atoms with Gasteiger partial charge in [0.2, 0.25) is 0 Å². The summed E-state index contributed by atoms with van der Waals surface area (Å²) in [7, 11) is 1.45. The second-order valence-corrected chi connectivity index (χ2v) is 8.60. The number of benzene rings is 1. The van der Waals surface area contributed by atoms with Crippen LogP contribution in [0.4, 0.5) is 0 Å². The number of hydrogen-bond donors (Lipinski definition) is 2. The van der Waals surface area contributed by atoms with Crippen molar-refractivity contribution in [1.29, 1.82) is 0 Å². The average Bonchev–Trinajstić information content (AvgIpc) is 2.75. The zero-order chi connectivity index (χ0) is 21.4. The van der Waals surface area contributed by atoms with E-state index in [1.54, 1.807) is 12.1 Å². The predicted molar refractivity (Wildman–Crippen MR) is 114 cm³/mol. The van der Waals surface area contributed by atoms with E-state index < -0.39 is 11.8 Å². The fourth-order valence-electron chi connectivity index (χ4n) is 4.85. The van der Waals surface area contributed by atoms with Crippen LogP contribution in [0.3, 0.4) is 0 Å². The topological polar surface area (TPSA) is 78.9 Å². The van der Waals surface area contributed by atoms with Crippen LogP contribution in [0, 0.1) is 5.92 Å². The number of piperidine rings is 1. The molecule has 1 saturated heterocycles. The molecule has 2 aliphatic heterocycles. The van der Waals surface area contributed by atoms with Crippen LogP contribution < -0.4 is 10.1 Å². The van der Waals surface area contributed by atoms with Crippen molar-refractivity contribution >= 4 is 23.3 Å². The number of phenolic OH excluding ortho intramolecular Hbond substituents is 1. The predicted octanol–water partition coefficient (Wildman–Crippen LogP) is 3.89. The van der Waals surface area contributed by atoms with Crippen LogP contribution in [0.2, 0.25) is 5.02 Å². The zero-order valence-electron chi connectivity index (χ0n) is 17.3. The van der Waals surface area contributed by atoms with Crippen molar-refractivity contribution in [2.45, 2.75) is 44.9 Å². The molecule has 6 nitrogen and oxygen atoms in total. The van der Waals surface area contributed by atoms with Crippen LogP contribution in [-0.4, -0.2) is 41.9 Å². The first-order valence-electron chi connectivity index (χ1n) is 10.5. The Balaban J connectivity index is 1.87. The lowest BCUT2D eigenvalue weighted by molar-refractivity contribution is -0.129. The smallest absolute Gasteiger partial charge is 0.252 e. The summed E-state index contributed by atoms with van der Waals surface area (Å²) in [5.41, 5.74) is 2.89. The maximum absolute atomic E-state index is 13.6. The lowest BCUT2D eigenvalue weighted by atomic mass is 9.70. The third-order valence-corrected chi connectivity index (χ3v) is 6.61. The van der Waals surface area contributed by atoms with E-state index in [0.29, 0.717) is 24.0 Å². The van der Waals surface area contributed by atoms with E-state index in [0.717, 1.165) is 43.7 Å². The molecule has 7 heteroatoms. The number of carbonyl (C=O) groups excluding carboxylic acids is 2. The third kappa shape index (κ3) is 3.58. The number of fused-ring (bicyclic) bond motifs is 1. The minimum atomic E-state index is -0.480. The van der Waals surface area contributed by atoms with Gasteiger partial charge in [-0.2, -0.15) is 0 Å². The second-order valence-electron chi connectivity index (χ2n) is 8.19. The Labute approximate surface area is 181 Å². The Kier molecular flexibility index (Phi) is 5.78. The molecular formula is C23H27ClN2O4. The summed E-state index contributed by atoms with van der Waals surface area (Å²) in [4.78, 5) is 28.5. The second kappa shape index (κ2) is 8.34. The number of ketones is 1. The van der Waals surface area contributed by atoms with E-state index >= 15 is 0 Å². The van der Waals surface area contributed by atoms with E-state index in [4.69, 9.17) is 16.3 Å². The van der Waals surface area contributed by atoms with Crippen LogP contribution in [0.1, 0.15) is 50.5 Å². The van der Waals surface area contributed by atoms with Gasteiger partial charge < -0.3 is 20.1 Å². The molecular weight excluding hydrogens is 404 g/mol. The largest absolute Gasteiger partial charge is 0.503 e. The standard InChI is InChI=1S/C23H27ClN2O4/c1-13-19(23(29)26-9-4-3-5-10-26)20(21-16(25-13)7-6-8-17(21)27)14-11-15(24)22(28)18(12-14)30-2/h7,11-12,20-21,25,28H,3-6,8-10H2,1-2H3. The molecule has 2 unspecified atom stereocenters. The van der Waals surface area contributed by atoms with E-state index in [9.17, 15) is 14.7 Å². The van der Waals surface area contributed by atoms with Gasteiger partial charge in [-0.3, -0.25) is 9.59 Å². The number of methoxy groups -OCH3 is 1. The number of rotatable bonds is 3. The molecule has 1 amide bonds. The van der Waals surface area contributed by atoms with Gasteiger partial charge in [-0.05, 0) is 50.3 Å². The average molecular weight is 431 g/mol. The molecule has 0 saturated carbocycles. The quantitative estimate of drug-likeness (QED) is 0.760. The summed E-state index contributed by atoms with van der Waals surface area (Å²) < 4.78 is 5.30. The van der Waals surface area contributed by atoms with Gasteiger partial charge >= 0.3 is 0 Å². The molecule has 1 aliphatic carbocycles. The molecule has 2 heterocycles. The molecule has 0 bridgehead atoms. The van der Waals surface area contributed by atoms with Gasteiger partial charge in [0.25, 0.3) is 5.91 Å². The number of amides is 1. The van der Waals surface area contributed by atoms with Gasteiger partial charge in [0.1, 0.15) is 5.78 Å². The molecule has 3 aliphatic rings. The highest BCUT2D eigenvalue weighted by Crippen LogP contribution is 2.47. The maximum Gasteiger partial charge on any atom is 0.252 e. The van der Waals surface area contributed by atoms with Gasteiger partial charge in [-0.25, -0.2) is 0 Å². The molecule has 160 valence electrons. The summed E-state index contributed by atoms with van der Waals surface area (Å²) >= 11 is 6.28. The first-order valence-corrected chi connectivity index (χ1v) is 10.9. The molecule has 2 N–H and O–H groups in total.